The van der Waals surface area contributed by atoms with Crippen LogP contribution in [0.25, 0.3) is 11.0 Å². The third-order valence-corrected chi connectivity index (χ3v) is 5.83. The predicted octanol–water partition coefficient (Wildman–Crippen LogP) is 5.84. The molecule has 1 saturated carbocycles. The van der Waals surface area contributed by atoms with Crippen molar-refractivity contribution in [1.29, 1.82) is 0 Å². The molecule has 0 spiro atoms. The van der Waals surface area contributed by atoms with Crippen LogP contribution in [-0.4, -0.2) is 26.9 Å². The molecule has 0 unspecified atom stereocenters. The van der Waals surface area contributed by atoms with Crippen LogP contribution >= 0.6 is 0 Å². The van der Waals surface area contributed by atoms with Crippen molar-refractivity contribution in [2.75, 3.05) is 6.54 Å². The van der Waals surface area contributed by atoms with E-state index in [2.05, 4.69) is 36.6 Å². The summed E-state index contributed by atoms with van der Waals surface area (Å²) in [6.45, 7) is 5.60. The van der Waals surface area contributed by atoms with Crippen LogP contribution in [0.4, 0.5) is 0 Å². The molecule has 0 aliphatic heterocycles. The Morgan fingerprint density at radius 1 is 1.03 bits per heavy atom. The molecule has 3 aromatic rings. The standard InChI is InChI=1S/C25H31N3O/c1-19(2)17-27(25(29)20-11-5-3-6-12-20)18-24-26-22-15-9-10-16-23(22)28(24)21-13-7-4-8-14-21/h3,5-6,9-12,15-16,19,21H,4,7-8,13-14,17-18H2,1-2H3. The maximum absolute atomic E-state index is 13.3. The summed E-state index contributed by atoms with van der Waals surface area (Å²) in [5.41, 5.74) is 2.98. The molecule has 4 rings (SSSR count). The van der Waals surface area contributed by atoms with E-state index in [9.17, 15) is 4.79 Å². The lowest BCUT2D eigenvalue weighted by atomic mass is 9.95. The van der Waals surface area contributed by atoms with Crippen molar-refractivity contribution >= 4 is 16.9 Å². The van der Waals surface area contributed by atoms with Crippen molar-refractivity contribution in [3.8, 4) is 0 Å². The number of amides is 1. The zero-order valence-corrected chi connectivity index (χ0v) is 17.6. The Morgan fingerprint density at radius 2 is 1.72 bits per heavy atom. The van der Waals surface area contributed by atoms with E-state index in [1.807, 2.05) is 41.3 Å². The summed E-state index contributed by atoms with van der Waals surface area (Å²) in [4.78, 5) is 20.2. The fourth-order valence-electron chi connectivity index (χ4n) is 4.55. The SMILES string of the molecule is CC(C)CN(Cc1nc2ccccc2n1C1CCCCC1)C(=O)c1ccccc1. The average Bonchev–Trinajstić information content (AvgIpc) is 3.11. The minimum atomic E-state index is 0.0848. The molecule has 1 heterocycles. The van der Waals surface area contributed by atoms with Crippen LogP contribution < -0.4 is 0 Å². The largest absolute Gasteiger partial charge is 0.331 e. The number of fused-ring (bicyclic) bond motifs is 1. The van der Waals surface area contributed by atoms with E-state index >= 15 is 0 Å². The van der Waals surface area contributed by atoms with Crippen molar-refractivity contribution in [2.45, 2.75) is 58.5 Å². The average molecular weight is 390 g/mol. The molecule has 4 heteroatoms. The van der Waals surface area contributed by atoms with E-state index in [-0.39, 0.29) is 5.91 Å². The summed E-state index contributed by atoms with van der Waals surface area (Å²) < 4.78 is 2.43. The first-order chi connectivity index (χ1) is 14.1. The molecule has 0 atom stereocenters. The van der Waals surface area contributed by atoms with E-state index in [1.165, 1.54) is 37.6 Å². The second-order valence-electron chi connectivity index (χ2n) is 8.62. The first-order valence-electron chi connectivity index (χ1n) is 10.9. The van der Waals surface area contributed by atoms with E-state index in [4.69, 9.17) is 4.98 Å². The molecule has 152 valence electrons. The van der Waals surface area contributed by atoms with Gasteiger partial charge in [0, 0.05) is 18.2 Å². The summed E-state index contributed by atoms with van der Waals surface area (Å²) in [5, 5.41) is 0. The van der Waals surface area contributed by atoms with Gasteiger partial charge in [-0.05, 0) is 43.0 Å². The third kappa shape index (κ3) is 4.36. The Balaban J connectivity index is 1.70. The van der Waals surface area contributed by atoms with Gasteiger partial charge in [0.1, 0.15) is 5.82 Å². The van der Waals surface area contributed by atoms with Crippen molar-refractivity contribution < 1.29 is 4.79 Å². The summed E-state index contributed by atoms with van der Waals surface area (Å²) in [7, 11) is 0. The molecular formula is C25H31N3O. The molecule has 4 nitrogen and oxygen atoms in total. The Morgan fingerprint density at radius 3 is 2.45 bits per heavy atom. The zero-order chi connectivity index (χ0) is 20.2. The molecule has 0 N–H and O–H groups in total. The smallest absolute Gasteiger partial charge is 0.254 e. The molecule has 0 bridgehead atoms. The fourth-order valence-corrected chi connectivity index (χ4v) is 4.55. The summed E-state index contributed by atoms with van der Waals surface area (Å²) in [6, 6.07) is 18.5. The van der Waals surface area contributed by atoms with Crippen LogP contribution in [0.15, 0.2) is 54.6 Å². The van der Waals surface area contributed by atoms with Crippen LogP contribution in [0.5, 0.6) is 0 Å². The van der Waals surface area contributed by atoms with Crippen molar-refractivity contribution in [3.05, 3.63) is 66.0 Å². The number of hydrogen-bond donors (Lipinski definition) is 0. The molecule has 0 saturated heterocycles. The number of rotatable bonds is 6. The first kappa shape index (κ1) is 19.7. The monoisotopic (exact) mass is 389 g/mol. The van der Waals surface area contributed by atoms with Crippen molar-refractivity contribution in [1.82, 2.24) is 14.5 Å². The second-order valence-corrected chi connectivity index (χ2v) is 8.62. The lowest BCUT2D eigenvalue weighted by molar-refractivity contribution is 0.0714. The van der Waals surface area contributed by atoms with E-state index < -0.39 is 0 Å². The van der Waals surface area contributed by atoms with Gasteiger partial charge >= 0.3 is 0 Å². The van der Waals surface area contributed by atoms with Crippen LogP contribution in [0.2, 0.25) is 0 Å². The topological polar surface area (TPSA) is 38.1 Å². The normalized spacial score (nSPS) is 15.1. The van der Waals surface area contributed by atoms with Gasteiger partial charge in [-0.3, -0.25) is 4.79 Å². The van der Waals surface area contributed by atoms with Gasteiger partial charge in [-0.25, -0.2) is 4.98 Å². The molecule has 2 aromatic carbocycles. The van der Waals surface area contributed by atoms with E-state index in [1.54, 1.807) is 0 Å². The molecular weight excluding hydrogens is 358 g/mol. The predicted molar refractivity (Wildman–Crippen MR) is 118 cm³/mol. The summed E-state index contributed by atoms with van der Waals surface area (Å²) >= 11 is 0. The van der Waals surface area contributed by atoms with Crippen molar-refractivity contribution in [3.63, 3.8) is 0 Å². The molecule has 1 aliphatic rings. The number of para-hydroxylation sites is 2. The van der Waals surface area contributed by atoms with Gasteiger partial charge in [0.15, 0.2) is 0 Å². The van der Waals surface area contributed by atoms with Crippen LogP contribution in [0, 0.1) is 5.92 Å². The van der Waals surface area contributed by atoms with Gasteiger partial charge in [0.25, 0.3) is 5.91 Å². The van der Waals surface area contributed by atoms with Crippen molar-refractivity contribution in [2.24, 2.45) is 5.92 Å². The Kier molecular flexibility index (Phi) is 5.98. The summed E-state index contributed by atoms with van der Waals surface area (Å²) in [6.07, 6.45) is 6.27. The number of nitrogens with zero attached hydrogens (tertiary/aromatic N) is 3. The first-order valence-corrected chi connectivity index (χ1v) is 10.9. The highest BCUT2D eigenvalue weighted by atomic mass is 16.2. The van der Waals surface area contributed by atoms with Crippen LogP contribution in [0.3, 0.4) is 0 Å². The van der Waals surface area contributed by atoms with Crippen LogP contribution in [-0.2, 0) is 6.54 Å². The quantitative estimate of drug-likeness (QED) is 0.531. The number of imidazole rings is 1. The van der Waals surface area contributed by atoms with Gasteiger partial charge in [0.05, 0.1) is 17.6 Å². The molecule has 1 aromatic heterocycles. The van der Waals surface area contributed by atoms with Gasteiger partial charge in [0.2, 0.25) is 0 Å². The zero-order valence-electron chi connectivity index (χ0n) is 17.6. The fraction of sp³-hybridized carbons (Fsp3) is 0.440. The molecule has 29 heavy (non-hydrogen) atoms. The number of benzene rings is 2. The minimum Gasteiger partial charge on any atom is -0.331 e. The lowest BCUT2D eigenvalue weighted by Gasteiger charge is -2.29. The summed E-state index contributed by atoms with van der Waals surface area (Å²) in [5.74, 6) is 1.50. The maximum atomic E-state index is 13.3. The highest BCUT2D eigenvalue weighted by Crippen LogP contribution is 2.33. The van der Waals surface area contributed by atoms with E-state index in [0.29, 0.717) is 18.5 Å². The second kappa shape index (κ2) is 8.81. The number of carbonyl (C=O) groups is 1. The Hall–Kier alpha value is -2.62. The number of hydrogen-bond acceptors (Lipinski definition) is 2. The van der Waals surface area contributed by atoms with Gasteiger partial charge in [-0.1, -0.05) is 63.4 Å². The van der Waals surface area contributed by atoms with Gasteiger partial charge in [-0.2, -0.15) is 0 Å². The molecule has 0 radical (unpaired) electrons. The Bertz CT molecular complexity index is 955. The number of carbonyl (C=O) groups excluding carboxylic acids is 1. The minimum absolute atomic E-state index is 0.0848. The maximum Gasteiger partial charge on any atom is 0.254 e. The van der Waals surface area contributed by atoms with Gasteiger partial charge < -0.3 is 9.47 Å². The third-order valence-electron chi connectivity index (χ3n) is 5.83. The lowest BCUT2D eigenvalue weighted by Crippen LogP contribution is -2.35. The van der Waals surface area contributed by atoms with Crippen LogP contribution in [0.1, 0.15) is 68.2 Å². The highest BCUT2D eigenvalue weighted by molar-refractivity contribution is 5.94. The molecule has 1 aliphatic carbocycles. The van der Waals surface area contributed by atoms with E-state index in [0.717, 1.165) is 23.4 Å². The Labute approximate surface area is 173 Å². The number of aromatic nitrogens is 2. The molecule has 1 fully saturated rings. The van der Waals surface area contributed by atoms with Gasteiger partial charge in [-0.15, -0.1) is 0 Å². The molecule has 1 amide bonds. The highest BCUT2D eigenvalue weighted by Gasteiger charge is 2.25.